The number of H-pyrrole nitrogens is 1. The molecule has 0 radical (unpaired) electrons. The van der Waals surface area contributed by atoms with Crippen LogP contribution >= 0.6 is 15.9 Å². The smallest absolute Gasteiger partial charge is 0.219 e. The van der Waals surface area contributed by atoms with Crippen LogP contribution in [0.4, 0.5) is 5.69 Å². The molecule has 0 spiro atoms. The number of nitrogens with zero attached hydrogens (tertiary/aromatic N) is 2. The van der Waals surface area contributed by atoms with Crippen LogP contribution < -0.4 is 0 Å². The maximum atomic E-state index is 10.8. The van der Waals surface area contributed by atoms with Gasteiger partial charge in [-0.2, -0.15) is 0 Å². The maximum Gasteiger partial charge on any atom is 0.219 e. The Hall–Kier alpha value is -1.40. The number of benzene rings is 1. The number of hydrogen-bond donors (Lipinski definition) is 2. The van der Waals surface area contributed by atoms with Crippen molar-refractivity contribution in [3.8, 4) is 5.88 Å². The van der Waals surface area contributed by atoms with Crippen LogP contribution in [0.3, 0.4) is 0 Å². The molecule has 0 amide bonds. The van der Waals surface area contributed by atoms with Gasteiger partial charge in [0.2, 0.25) is 5.88 Å². The Labute approximate surface area is 112 Å². The van der Waals surface area contributed by atoms with Gasteiger partial charge in [-0.25, -0.2) is 0 Å². The molecule has 0 aliphatic carbocycles. The summed E-state index contributed by atoms with van der Waals surface area (Å²) in [6.45, 7) is 4.78. The first-order valence-corrected chi connectivity index (χ1v) is 6.55. The molecule has 0 atom stereocenters. The van der Waals surface area contributed by atoms with Crippen molar-refractivity contribution in [3.63, 3.8) is 0 Å². The van der Waals surface area contributed by atoms with Gasteiger partial charge in [0.1, 0.15) is 0 Å². The summed E-state index contributed by atoms with van der Waals surface area (Å²) in [5, 5.41) is 13.3. The van der Waals surface area contributed by atoms with Crippen LogP contribution in [0.5, 0.6) is 5.88 Å². The fourth-order valence-corrected chi connectivity index (χ4v) is 3.14. The van der Waals surface area contributed by atoms with Crippen LogP contribution in [0.25, 0.3) is 10.9 Å². The van der Waals surface area contributed by atoms with Gasteiger partial charge in [0, 0.05) is 22.9 Å². The lowest BCUT2D eigenvalue weighted by molar-refractivity contribution is 0.301. The maximum absolute atomic E-state index is 10.8. The first kappa shape index (κ1) is 11.7. The first-order chi connectivity index (χ1) is 8.65. The highest BCUT2D eigenvalue weighted by Gasteiger charge is 2.25. The van der Waals surface area contributed by atoms with Crippen LogP contribution in [0.15, 0.2) is 15.7 Å². The number of aromatic nitrogens is 1. The predicted molar refractivity (Wildman–Crippen MR) is 72.9 cm³/mol. The van der Waals surface area contributed by atoms with Crippen LogP contribution in [0.2, 0.25) is 0 Å². The molecule has 3 rings (SSSR count). The highest BCUT2D eigenvalue weighted by atomic mass is 79.9. The van der Waals surface area contributed by atoms with Gasteiger partial charge in [0.15, 0.2) is 5.69 Å². The number of fused-ring (bicyclic) bond motifs is 3. The summed E-state index contributed by atoms with van der Waals surface area (Å²) < 4.78 is 0.963. The number of nitroso groups, excluding NO2 is 1. The second-order valence-electron chi connectivity index (χ2n) is 4.45. The molecular weight excluding hydrogens is 298 g/mol. The van der Waals surface area contributed by atoms with Gasteiger partial charge in [0.05, 0.1) is 5.52 Å². The van der Waals surface area contributed by atoms with E-state index in [2.05, 4.69) is 37.9 Å². The normalized spacial score (nSPS) is 15.2. The van der Waals surface area contributed by atoms with E-state index in [1.807, 2.05) is 6.07 Å². The Kier molecular flexibility index (Phi) is 2.64. The van der Waals surface area contributed by atoms with Crippen molar-refractivity contribution in [2.24, 2.45) is 5.18 Å². The van der Waals surface area contributed by atoms with E-state index in [0.717, 1.165) is 35.2 Å². The van der Waals surface area contributed by atoms with Crippen molar-refractivity contribution in [2.75, 3.05) is 6.54 Å². The second-order valence-corrected chi connectivity index (χ2v) is 5.31. The second kappa shape index (κ2) is 4.07. The Bertz CT molecular complexity index is 651. The zero-order valence-corrected chi connectivity index (χ0v) is 11.4. The van der Waals surface area contributed by atoms with Crippen molar-refractivity contribution >= 4 is 32.5 Å². The number of nitrogens with one attached hydrogen (secondary N) is 1. The monoisotopic (exact) mass is 309 g/mol. The van der Waals surface area contributed by atoms with Crippen LogP contribution in [0, 0.1) is 4.91 Å². The van der Waals surface area contributed by atoms with Crippen molar-refractivity contribution in [1.29, 1.82) is 0 Å². The van der Waals surface area contributed by atoms with E-state index in [9.17, 15) is 10.0 Å². The lowest BCUT2D eigenvalue weighted by Gasteiger charge is -2.09. The van der Waals surface area contributed by atoms with Gasteiger partial charge in [-0.3, -0.25) is 4.90 Å². The Morgan fingerprint density at radius 1 is 1.50 bits per heavy atom. The Morgan fingerprint density at radius 2 is 2.22 bits per heavy atom. The molecule has 1 aliphatic heterocycles. The number of rotatable bonds is 2. The quantitative estimate of drug-likeness (QED) is 0.836. The van der Waals surface area contributed by atoms with E-state index in [1.165, 1.54) is 5.56 Å². The predicted octanol–water partition coefficient (Wildman–Crippen LogP) is 3.37. The van der Waals surface area contributed by atoms with Gasteiger partial charge in [-0.05, 0) is 28.9 Å². The molecule has 0 saturated heterocycles. The lowest BCUT2D eigenvalue weighted by Crippen LogP contribution is -2.14. The summed E-state index contributed by atoms with van der Waals surface area (Å²) in [7, 11) is 0. The van der Waals surface area contributed by atoms with Gasteiger partial charge in [-0.1, -0.05) is 22.9 Å². The highest BCUT2D eigenvalue weighted by Crippen LogP contribution is 2.42. The zero-order chi connectivity index (χ0) is 12.9. The van der Waals surface area contributed by atoms with Gasteiger partial charge in [0.25, 0.3) is 0 Å². The summed E-state index contributed by atoms with van der Waals surface area (Å²) >= 11 is 3.53. The summed E-state index contributed by atoms with van der Waals surface area (Å²) in [6.07, 6.45) is 0. The summed E-state index contributed by atoms with van der Waals surface area (Å²) in [6, 6.07) is 1.85. The average Bonchev–Trinajstić information content (AvgIpc) is 2.90. The molecule has 94 valence electrons. The molecule has 2 N–H and O–H groups in total. The molecule has 6 heteroatoms. The van der Waals surface area contributed by atoms with E-state index in [-0.39, 0.29) is 11.6 Å². The summed E-state index contributed by atoms with van der Waals surface area (Å²) in [5.41, 5.74) is 3.24. The molecule has 18 heavy (non-hydrogen) atoms. The lowest BCUT2D eigenvalue weighted by atomic mass is 10.1. The van der Waals surface area contributed by atoms with Crippen molar-refractivity contribution in [1.82, 2.24) is 9.88 Å². The largest absolute Gasteiger partial charge is 0.493 e. The molecule has 1 aromatic carbocycles. The van der Waals surface area contributed by atoms with Crippen LogP contribution in [-0.2, 0) is 13.1 Å². The third-order valence-electron chi connectivity index (χ3n) is 3.52. The Morgan fingerprint density at radius 3 is 2.89 bits per heavy atom. The molecule has 0 fully saturated rings. The number of aromatic amines is 1. The Balaban J connectivity index is 2.31. The van der Waals surface area contributed by atoms with E-state index >= 15 is 0 Å². The summed E-state index contributed by atoms with van der Waals surface area (Å²) in [5.74, 6) is -0.157. The molecular formula is C12H12BrN3O2. The molecule has 1 aliphatic rings. The van der Waals surface area contributed by atoms with Gasteiger partial charge >= 0.3 is 0 Å². The van der Waals surface area contributed by atoms with Crippen molar-refractivity contribution in [2.45, 2.75) is 20.0 Å². The summed E-state index contributed by atoms with van der Waals surface area (Å²) in [4.78, 5) is 15.9. The number of halogens is 1. The zero-order valence-electron chi connectivity index (χ0n) is 9.83. The minimum Gasteiger partial charge on any atom is -0.493 e. The SMILES string of the molecule is CCN1Cc2c(Br)cc3c(N=O)c(O)[nH]c3c2C1. The minimum atomic E-state index is -0.157. The highest BCUT2D eigenvalue weighted by molar-refractivity contribution is 9.10. The van der Waals surface area contributed by atoms with Crippen molar-refractivity contribution in [3.05, 3.63) is 26.6 Å². The number of aromatic hydroxyl groups is 1. The third-order valence-corrected chi connectivity index (χ3v) is 4.23. The number of hydrogen-bond acceptors (Lipinski definition) is 4. The van der Waals surface area contributed by atoms with Gasteiger partial charge in [-0.15, -0.1) is 4.91 Å². The van der Waals surface area contributed by atoms with Crippen LogP contribution in [0.1, 0.15) is 18.1 Å². The van der Waals surface area contributed by atoms with E-state index in [1.54, 1.807) is 0 Å². The fourth-order valence-electron chi connectivity index (χ4n) is 2.54. The molecule has 1 aromatic heterocycles. The molecule has 0 saturated carbocycles. The third kappa shape index (κ3) is 1.49. The van der Waals surface area contributed by atoms with Gasteiger partial charge < -0.3 is 10.1 Å². The van der Waals surface area contributed by atoms with Crippen molar-refractivity contribution < 1.29 is 5.11 Å². The van der Waals surface area contributed by atoms with E-state index in [4.69, 9.17) is 0 Å². The van der Waals surface area contributed by atoms with E-state index in [0.29, 0.717) is 5.39 Å². The topological polar surface area (TPSA) is 68.7 Å². The fraction of sp³-hybridized carbons (Fsp3) is 0.333. The molecule has 0 bridgehead atoms. The van der Waals surface area contributed by atoms with E-state index < -0.39 is 0 Å². The molecule has 2 aromatic rings. The molecule has 0 unspecified atom stereocenters. The standard InChI is InChI=1S/C12H12BrN3O2/c1-2-16-4-7-8(5-16)10-6(3-9(7)13)11(15-18)12(17)14-10/h3,14,17H,2,4-5H2,1H3. The minimum absolute atomic E-state index is 0.0865. The molecule has 5 nitrogen and oxygen atoms in total. The average molecular weight is 310 g/mol. The first-order valence-electron chi connectivity index (χ1n) is 5.76. The van der Waals surface area contributed by atoms with Crippen LogP contribution in [-0.4, -0.2) is 21.5 Å². The molecule has 2 heterocycles.